The molecule has 0 radical (unpaired) electrons. The van der Waals surface area contributed by atoms with Crippen LogP contribution in [0.3, 0.4) is 0 Å². The molecule has 0 N–H and O–H groups in total. The van der Waals surface area contributed by atoms with Crippen molar-refractivity contribution in [1.82, 2.24) is 0 Å². The fourth-order valence-electron chi connectivity index (χ4n) is 2.86. The molecule has 0 unspecified atom stereocenters. The van der Waals surface area contributed by atoms with E-state index < -0.39 is 0 Å². The van der Waals surface area contributed by atoms with Gasteiger partial charge in [0.2, 0.25) is 0 Å². The molecule has 0 aromatic heterocycles. The maximum atomic E-state index is 14.3. The third-order valence-corrected chi connectivity index (χ3v) is 4.59. The average Bonchev–Trinajstić information content (AvgIpc) is 2.54. The van der Waals surface area contributed by atoms with Gasteiger partial charge in [-0.2, -0.15) is 0 Å². The third-order valence-electron chi connectivity index (χ3n) is 4.59. The smallest absolute Gasteiger partial charge is 0.130 e. The van der Waals surface area contributed by atoms with Crippen molar-refractivity contribution in [1.29, 1.82) is 0 Å². The molecule has 0 amide bonds. The number of allylic oxidation sites excluding steroid dienone is 3. The Hall–Kier alpha value is -2.22. The SMILES string of the molecule is C/C=C/C(C)(C)c1ccc(F)c(/C=C/C(C)(C)c2ccc(F)cc2)c1. The minimum Gasteiger partial charge on any atom is -0.207 e. The molecule has 2 aromatic carbocycles. The van der Waals surface area contributed by atoms with E-state index in [1.54, 1.807) is 12.1 Å². The zero-order valence-electron chi connectivity index (χ0n) is 15.6. The standard InChI is InChI=1S/C23H26F2/c1-6-14-22(2,3)19-9-12-21(25)17(16-19)13-15-23(4,5)18-7-10-20(24)11-8-18/h6-16H,1-5H3/b14-6+,15-13+. The lowest BCUT2D eigenvalue weighted by atomic mass is 9.82. The summed E-state index contributed by atoms with van der Waals surface area (Å²) in [6.07, 6.45) is 7.89. The van der Waals surface area contributed by atoms with Crippen molar-refractivity contribution in [2.75, 3.05) is 0 Å². The number of halogens is 2. The Morgan fingerprint density at radius 1 is 0.760 bits per heavy atom. The van der Waals surface area contributed by atoms with Crippen LogP contribution in [0, 0.1) is 11.6 Å². The van der Waals surface area contributed by atoms with Crippen LogP contribution < -0.4 is 0 Å². The highest BCUT2D eigenvalue weighted by molar-refractivity contribution is 5.55. The van der Waals surface area contributed by atoms with Gasteiger partial charge < -0.3 is 0 Å². The van der Waals surface area contributed by atoms with Gasteiger partial charge in [0, 0.05) is 16.4 Å². The predicted molar refractivity (Wildman–Crippen MR) is 103 cm³/mol. The van der Waals surface area contributed by atoms with E-state index in [0.717, 1.165) is 11.1 Å². The van der Waals surface area contributed by atoms with Crippen LogP contribution in [0.2, 0.25) is 0 Å². The summed E-state index contributed by atoms with van der Waals surface area (Å²) in [7, 11) is 0. The van der Waals surface area contributed by atoms with Crippen molar-refractivity contribution in [3.8, 4) is 0 Å². The molecule has 0 aliphatic rings. The Bertz CT molecular complexity index is 778. The fourth-order valence-corrected chi connectivity index (χ4v) is 2.86. The van der Waals surface area contributed by atoms with Crippen LogP contribution in [-0.2, 0) is 10.8 Å². The summed E-state index contributed by atoms with van der Waals surface area (Å²) >= 11 is 0. The van der Waals surface area contributed by atoms with Gasteiger partial charge in [-0.1, -0.05) is 70.2 Å². The lowest BCUT2D eigenvalue weighted by Crippen LogP contribution is -2.14. The Balaban J connectivity index is 2.35. The number of hydrogen-bond acceptors (Lipinski definition) is 0. The lowest BCUT2D eigenvalue weighted by Gasteiger charge is -2.22. The first-order valence-corrected chi connectivity index (χ1v) is 8.55. The van der Waals surface area contributed by atoms with Crippen LogP contribution >= 0.6 is 0 Å². The second-order valence-electron chi connectivity index (χ2n) is 7.52. The highest BCUT2D eigenvalue weighted by atomic mass is 19.1. The molecule has 0 aliphatic carbocycles. The van der Waals surface area contributed by atoms with Crippen molar-refractivity contribution < 1.29 is 8.78 Å². The van der Waals surface area contributed by atoms with Crippen molar-refractivity contribution in [2.45, 2.75) is 45.4 Å². The molecule has 2 aromatic rings. The summed E-state index contributed by atoms with van der Waals surface area (Å²) in [5.74, 6) is -0.500. The summed E-state index contributed by atoms with van der Waals surface area (Å²) in [5, 5.41) is 0. The first-order chi connectivity index (χ1) is 11.7. The Kier molecular flexibility index (Phi) is 5.62. The first-order valence-electron chi connectivity index (χ1n) is 8.55. The molecule has 0 aliphatic heterocycles. The Morgan fingerprint density at radius 2 is 1.32 bits per heavy atom. The Labute approximate surface area is 149 Å². The van der Waals surface area contributed by atoms with E-state index in [-0.39, 0.29) is 22.5 Å². The summed E-state index contributed by atoms with van der Waals surface area (Å²) in [5.41, 5.74) is 2.12. The molecule has 2 heteroatoms. The fraction of sp³-hybridized carbons (Fsp3) is 0.304. The van der Waals surface area contributed by atoms with Crippen molar-refractivity contribution in [3.05, 3.63) is 89.0 Å². The molecule has 0 heterocycles. The maximum absolute atomic E-state index is 14.3. The summed E-state index contributed by atoms with van der Waals surface area (Å²) in [4.78, 5) is 0. The van der Waals surface area contributed by atoms with Crippen LogP contribution in [0.1, 0.15) is 51.3 Å². The monoisotopic (exact) mass is 340 g/mol. The van der Waals surface area contributed by atoms with Crippen LogP contribution in [0.15, 0.2) is 60.7 Å². The number of hydrogen-bond donors (Lipinski definition) is 0. The largest absolute Gasteiger partial charge is 0.207 e. The molecule has 0 spiro atoms. The van der Waals surface area contributed by atoms with Gasteiger partial charge in [0.25, 0.3) is 0 Å². The highest BCUT2D eigenvalue weighted by Gasteiger charge is 2.19. The van der Waals surface area contributed by atoms with E-state index in [1.807, 2.05) is 51.1 Å². The van der Waals surface area contributed by atoms with Gasteiger partial charge in [-0.25, -0.2) is 8.78 Å². The molecule has 0 fully saturated rings. The van der Waals surface area contributed by atoms with Crippen LogP contribution in [0.25, 0.3) is 6.08 Å². The topological polar surface area (TPSA) is 0 Å². The summed E-state index contributed by atoms with van der Waals surface area (Å²) in [6.45, 7) is 10.3. The minimum absolute atomic E-state index is 0.155. The van der Waals surface area contributed by atoms with Crippen molar-refractivity contribution in [2.24, 2.45) is 0 Å². The first kappa shape index (κ1) is 19.1. The number of benzene rings is 2. The van der Waals surface area contributed by atoms with Crippen LogP contribution in [-0.4, -0.2) is 0 Å². The number of rotatable bonds is 5. The van der Waals surface area contributed by atoms with Crippen LogP contribution in [0.5, 0.6) is 0 Å². The molecule has 0 saturated heterocycles. The van der Waals surface area contributed by atoms with E-state index in [0.29, 0.717) is 5.56 Å². The molecule has 0 nitrogen and oxygen atoms in total. The van der Waals surface area contributed by atoms with Gasteiger partial charge in [0.1, 0.15) is 11.6 Å². The quantitative estimate of drug-likeness (QED) is 0.524. The molecule has 0 atom stereocenters. The molecule has 25 heavy (non-hydrogen) atoms. The van der Waals surface area contributed by atoms with E-state index in [9.17, 15) is 8.78 Å². The van der Waals surface area contributed by atoms with Gasteiger partial charge in [-0.05, 0) is 42.3 Å². The average molecular weight is 340 g/mol. The third kappa shape index (κ3) is 4.66. The van der Waals surface area contributed by atoms with E-state index >= 15 is 0 Å². The lowest BCUT2D eigenvalue weighted by molar-refractivity contribution is 0.615. The van der Waals surface area contributed by atoms with Gasteiger partial charge in [-0.15, -0.1) is 0 Å². The molecule has 2 rings (SSSR count). The molecule has 0 saturated carbocycles. The molecular weight excluding hydrogens is 314 g/mol. The minimum atomic E-state index is -0.324. The summed E-state index contributed by atoms with van der Waals surface area (Å²) in [6, 6.07) is 11.7. The van der Waals surface area contributed by atoms with Gasteiger partial charge >= 0.3 is 0 Å². The second kappa shape index (κ2) is 7.35. The highest BCUT2D eigenvalue weighted by Crippen LogP contribution is 2.29. The normalized spacial score (nSPS) is 13.1. The predicted octanol–water partition coefficient (Wildman–Crippen LogP) is 6.81. The Morgan fingerprint density at radius 3 is 1.92 bits per heavy atom. The van der Waals surface area contributed by atoms with E-state index in [2.05, 4.69) is 19.9 Å². The van der Waals surface area contributed by atoms with Gasteiger partial charge in [0.15, 0.2) is 0 Å². The van der Waals surface area contributed by atoms with E-state index in [4.69, 9.17) is 0 Å². The summed E-state index contributed by atoms with van der Waals surface area (Å²) < 4.78 is 27.4. The van der Waals surface area contributed by atoms with Crippen LogP contribution in [0.4, 0.5) is 8.78 Å². The molecule has 0 bridgehead atoms. The van der Waals surface area contributed by atoms with Gasteiger partial charge in [-0.3, -0.25) is 0 Å². The van der Waals surface area contributed by atoms with E-state index in [1.165, 1.54) is 18.2 Å². The van der Waals surface area contributed by atoms with Crippen molar-refractivity contribution >= 4 is 6.08 Å². The zero-order chi connectivity index (χ0) is 18.7. The van der Waals surface area contributed by atoms with Crippen molar-refractivity contribution in [3.63, 3.8) is 0 Å². The molecule has 132 valence electrons. The maximum Gasteiger partial charge on any atom is 0.130 e. The zero-order valence-corrected chi connectivity index (χ0v) is 15.6. The van der Waals surface area contributed by atoms with Gasteiger partial charge in [0.05, 0.1) is 0 Å². The molecular formula is C23H26F2. The second-order valence-corrected chi connectivity index (χ2v) is 7.52.